The Morgan fingerprint density at radius 1 is 1.09 bits per heavy atom. The van der Waals surface area contributed by atoms with Gasteiger partial charge >= 0.3 is 6.18 Å². The summed E-state index contributed by atoms with van der Waals surface area (Å²) in [6, 6.07) is 14.5. The maximum atomic E-state index is 13.0. The van der Waals surface area contributed by atoms with Crippen LogP contribution in [0.3, 0.4) is 0 Å². The zero-order valence-corrected chi connectivity index (χ0v) is 20.3. The van der Waals surface area contributed by atoms with Gasteiger partial charge < -0.3 is 10.4 Å². The smallest absolute Gasteiger partial charge is 0.374 e. The van der Waals surface area contributed by atoms with Gasteiger partial charge in [0.25, 0.3) is 0 Å². The highest BCUT2D eigenvalue weighted by Crippen LogP contribution is 2.36. The average molecular weight is 540 g/mol. The lowest BCUT2D eigenvalue weighted by molar-refractivity contribution is -0.137. The molecule has 3 N–H and O–H groups in total. The maximum absolute atomic E-state index is 13.0. The van der Waals surface area contributed by atoms with Crippen LogP contribution in [0.1, 0.15) is 54.5 Å². The first-order chi connectivity index (χ1) is 16.2. The van der Waals surface area contributed by atoms with E-state index in [-0.39, 0.29) is 28.5 Å². The fraction of sp³-hybridized carbons (Fsp3) is 0.480. The summed E-state index contributed by atoms with van der Waals surface area (Å²) in [6.45, 7) is 1.42. The quantitative estimate of drug-likeness (QED) is 0.451. The van der Waals surface area contributed by atoms with Crippen molar-refractivity contribution in [2.75, 3.05) is 19.6 Å². The lowest BCUT2D eigenvalue weighted by Gasteiger charge is -2.46. The number of carbonyl (C=O) groups is 1. The van der Waals surface area contributed by atoms with Gasteiger partial charge in [0, 0.05) is 23.6 Å². The minimum atomic E-state index is -4.52. The van der Waals surface area contributed by atoms with Gasteiger partial charge in [0.2, 0.25) is 5.91 Å². The third-order valence-electron chi connectivity index (χ3n) is 6.78. The SMILES string of the molecule is O=C(CNC(O)c1cc(Br)cc(C(F)(F)F)c1)NC1CN(C2CCC(c3ccccc3)CC2)C1. The molecule has 2 fully saturated rings. The van der Waals surface area contributed by atoms with E-state index in [1.165, 1.54) is 24.5 Å². The fourth-order valence-electron chi connectivity index (χ4n) is 4.92. The summed E-state index contributed by atoms with van der Waals surface area (Å²) in [5, 5.41) is 15.7. The second-order valence-corrected chi connectivity index (χ2v) is 10.1. The molecular weight excluding hydrogens is 511 g/mol. The van der Waals surface area contributed by atoms with Gasteiger partial charge in [0.15, 0.2) is 0 Å². The molecule has 1 heterocycles. The van der Waals surface area contributed by atoms with E-state index >= 15 is 0 Å². The number of likely N-dealkylation sites (tertiary alicyclic amines) is 1. The van der Waals surface area contributed by atoms with Crippen molar-refractivity contribution < 1.29 is 23.1 Å². The van der Waals surface area contributed by atoms with Crippen molar-refractivity contribution >= 4 is 21.8 Å². The molecule has 0 radical (unpaired) electrons. The van der Waals surface area contributed by atoms with Crippen LogP contribution in [0.4, 0.5) is 13.2 Å². The number of aliphatic hydroxyl groups is 1. The molecule has 1 aliphatic carbocycles. The van der Waals surface area contributed by atoms with Crippen LogP contribution in [0.15, 0.2) is 53.0 Å². The van der Waals surface area contributed by atoms with E-state index in [1.807, 2.05) is 6.07 Å². The first kappa shape index (κ1) is 25.2. The molecule has 9 heteroatoms. The molecule has 1 saturated carbocycles. The minimum Gasteiger partial charge on any atom is -0.374 e. The summed E-state index contributed by atoms with van der Waals surface area (Å²) in [4.78, 5) is 14.7. The number of nitrogens with one attached hydrogen (secondary N) is 2. The zero-order chi connectivity index (χ0) is 24.3. The Labute approximate surface area is 205 Å². The average Bonchev–Trinajstić information content (AvgIpc) is 2.79. The summed E-state index contributed by atoms with van der Waals surface area (Å²) >= 11 is 3.03. The zero-order valence-electron chi connectivity index (χ0n) is 18.7. The lowest BCUT2D eigenvalue weighted by atomic mass is 9.80. The van der Waals surface area contributed by atoms with Crippen molar-refractivity contribution in [3.8, 4) is 0 Å². The summed E-state index contributed by atoms with van der Waals surface area (Å²) in [6.07, 6.45) is -1.25. The Bertz CT molecular complexity index is 975. The van der Waals surface area contributed by atoms with E-state index < -0.39 is 18.0 Å². The van der Waals surface area contributed by atoms with Crippen molar-refractivity contribution in [1.82, 2.24) is 15.5 Å². The molecule has 5 nitrogen and oxygen atoms in total. The number of aliphatic hydroxyl groups excluding tert-OH is 1. The van der Waals surface area contributed by atoms with Gasteiger partial charge in [0.1, 0.15) is 6.23 Å². The molecule has 184 valence electrons. The second kappa shape index (κ2) is 10.8. The molecule has 0 bridgehead atoms. The number of amides is 1. The number of nitrogens with zero attached hydrogens (tertiary/aromatic N) is 1. The molecule has 2 aromatic carbocycles. The first-order valence-electron chi connectivity index (χ1n) is 11.6. The Morgan fingerprint density at radius 3 is 2.41 bits per heavy atom. The van der Waals surface area contributed by atoms with E-state index in [0.717, 1.165) is 38.1 Å². The van der Waals surface area contributed by atoms with E-state index in [2.05, 4.69) is 55.7 Å². The number of hydrogen-bond donors (Lipinski definition) is 3. The van der Waals surface area contributed by atoms with E-state index in [1.54, 1.807) is 0 Å². The third kappa shape index (κ3) is 6.38. The maximum Gasteiger partial charge on any atom is 0.416 e. The number of hydrogen-bond acceptors (Lipinski definition) is 4. The van der Waals surface area contributed by atoms with E-state index in [4.69, 9.17) is 0 Å². The van der Waals surface area contributed by atoms with Crippen LogP contribution in [0.25, 0.3) is 0 Å². The molecule has 2 aromatic rings. The highest BCUT2D eigenvalue weighted by molar-refractivity contribution is 9.10. The topological polar surface area (TPSA) is 64.6 Å². The molecule has 4 rings (SSSR count). The monoisotopic (exact) mass is 539 g/mol. The molecule has 2 aliphatic rings. The minimum absolute atomic E-state index is 0.0374. The highest BCUT2D eigenvalue weighted by atomic mass is 79.9. The molecule has 34 heavy (non-hydrogen) atoms. The van der Waals surface area contributed by atoms with Gasteiger partial charge in [-0.2, -0.15) is 13.2 Å². The van der Waals surface area contributed by atoms with Crippen LogP contribution in [0, 0.1) is 0 Å². The van der Waals surface area contributed by atoms with Gasteiger partial charge in [-0.25, -0.2) is 0 Å². The molecule has 0 aromatic heterocycles. The van der Waals surface area contributed by atoms with Crippen LogP contribution >= 0.6 is 15.9 Å². The number of carbonyl (C=O) groups excluding carboxylic acids is 1. The fourth-order valence-corrected chi connectivity index (χ4v) is 5.43. The first-order valence-corrected chi connectivity index (χ1v) is 12.4. The van der Waals surface area contributed by atoms with Gasteiger partial charge in [-0.15, -0.1) is 0 Å². The summed E-state index contributed by atoms with van der Waals surface area (Å²) < 4.78 is 39.2. The molecule has 1 atom stereocenters. The Morgan fingerprint density at radius 2 is 1.76 bits per heavy atom. The van der Waals surface area contributed by atoms with Crippen LogP contribution in [0.5, 0.6) is 0 Å². The molecular formula is C25H29BrF3N3O2. The number of benzene rings is 2. The number of alkyl halides is 3. The lowest BCUT2D eigenvalue weighted by Crippen LogP contribution is -2.63. The molecule has 0 spiro atoms. The summed E-state index contributed by atoms with van der Waals surface area (Å²) in [5.74, 6) is 0.340. The molecule has 1 unspecified atom stereocenters. The Hall–Kier alpha value is -1.94. The van der Waals surface area contributed by atoms with Crippen molar-refractivity contribution in [3.63, 3.8) is 0 Å². The van der Waals surface area contributed by atoms with Crippen LogP contribution < -0.4 is 10.6 Å². The summed E-state index contributed by atoms with van der Waals surface area (Å²) in [7, 11) is 0. The normalized spacial score (nSPS) is 22.7. The van der Waals surface area contributed by atoms with Gasteiger partial charge in [-0.05, 0) is 60.9 Å². The largest absolute Gasteiger partial charge is 0.416 e. The second-order valence-electron chi connectivity index (χ2n) is 9.19. The van der Waals surface area contributed by atoms with Crippen molar-refractivity contribution in [2.24, 2.45) is 0 Å². The van der Waals surface area contributed by atoms with Gasteiger partial charge in [-0.1, -0.05) is 46.3 Å². The Balaban J connectivity index is 1.17. The van der Waals surface area contributed by atoms with Crippen molar-refractivity contribution in [1.29, 1.82) is 0 Å². The van der Waals surface area contributed by atoms with Crippen LogP contribution in [-0.4, -0.2) is 47.6 Å². The van der Waals surface area contributed by atoms with Gasteiger partial charge in [-0.3, -0.25) is 15.0 Å². The Kier molecular flexibility index (Phi) is 7.97. The third-order valence-corrected chi connectivity index (χ3v) is 7.24. The van der Waals surface area contributed by atoms with Crippen LogP contribution in [0.2, 0.25) is 0 Å². The highest BCUT2D eigenvalue weighted by Gasteiger charge is 2.35. The van der Waals surface area contributed by atoms with Crippen molar-refractivity contribution in [3.05, 3.63) is 69.7 Å². The van der Waals surface area contributed by atoms with E-state index in [9.17, 15) is 23.1 Å². The van der Waals surface area contributed by atoms with Gasteiger partial charge in [0.05, 0.1) is 18.2 Å². The predicted molar refractivity (Wildman–Crippen MR) is 127 cm³/mol. The molecule has 1 saturated heterocycles. The number of halogens is 4. The summed E-state index contributed by atoms with van der Waals surface area (Å²) in [5.41, 5.74) is 0.590. The van der Waals surface area contributed by atoms with Crippen molar-refractivity contribution in [2.45, 2.75) is 56.1 Å². The molecule has 1 amide bonds. The predicted octanol–water partition coefficient (Wildman–Crippen LogP) is 4.58. The molecule has 1 aliphatic heterocycles. The van der Waals surface area contributed by atoms with Crippen LogP contribution in [-0.2, 0) is 11.0 Å². The van der Waals surface area contributed by atoms with E-state index in [0.29, 0.717) is 12.0 Å². The number of rotatable bonds is 7. The standard InChI is InChI=1S/C25H29BrF3N3O2/c26-20-11-18(10-19(12-20)25(27,28)29)24(34)30-13-23(33)31-21-14-32(15-21)22-8-6-17(7-9-22)16-4-2-1-3-5-16/h1-5,10-12,17,21-22,24,30,34H,6-9,13-15H2,(H,31,33).